The minimum Gasteiger partial charge on any atom is -0.138 e. The van der Waals surface area contributed by atoms with Crippen molar-refractivity contribution in [2.24, 2.45) is 0 Å². The van der Waals surface area contributed by atoms with Crippen molar-refractivity contribution < 1.29 is 1410 Å². The van der Waals surface area contributed by atoms with Crippen LogP contribution in [0, 0.1) is 1410 Å². The van der Waals surface area contributed by atoms with Gasteiger partial charge in [0.1, 0.15) is 0 Å². The molecular weight excluding hydrogens is 11500 g/mol. The minimum atomic E-state index is 0. The molecule has 0 aliphatic rings. The summed E-state index contributed by atoms with van der Waals surface area (Å²) in [7, 11) is 5.16. The summed E-state index contributed by atoms with van der Waals surface area (Å²) in [5.74, 6) is 5.36. The molecule has 0 fully saturated rings. The number of rotatable bonds is 0. The second-order valence-corrected chi connectivity index (χ2v) is 2.95. The smallest absolute Gasteiger partial charge is 0 e. The van der Waals surface area contributed by atoms with Gasteiger partial charge in [0.2, 0.25) is 0 Å². The molecule has 0 rings (SSSR count). The van der Waals surface area contributed by atoms with Crippen LogP contribution in [-0.4, -0.2) is 20.7 Å². The fourth-order valence-electron chi connectivity index (χ4n) is 0. The van der Waals surface area contributed by atoms with E-state index in [1.54, 1.807) is 0 Å². The van der Waals surface area contributed by atoms with Crippen LogP contribution in [0.4, 0.5) is 0 Å². The Hall–Kier alpha value is 47.8. The van der Waals surface area contributed by atoms with E-state index in [0.29, 0.717) is 0 Å². The van der Waals surface area contributed by atoms with Gasteiger partial charge in [-0.2, -0.15) is 0 Å². The van der Waals surface area contributed by atoms with Crippen molar-refractivity contribution in [3.05, 3.63) is 0 Å². The largest absolute Gasteiger partial charge is 0.138 e. The fourth-order valence-corrected chi connectivity index (χ4v) is 0. The predicted octanol–water partition coefficient (Wildman–Crippen LogP) is 38.0. The van der Waals surface area contributed by atoms with Gasteiger partial charge in [-0.15, -0.1) is 30.3 Å². The molecule has 0 saturated carbocycles. The zero-order valence-electron chi connectivity index (χ0n) is 38.6. The molecular formula is C62H246BP2U45. The van der Waals surface area contributed by atoms with Crippen LogP contribution in [0.2, 0.25) is 0 Å². The third-order valence-electron chi connectivity index (χ3n) is 0.250. The van der Waals surface area contributed by atoms with E-state index in [4.69, 9.17) is 11.9 Å². The van der Waals surface area contributed by atoms with Gasteiger partial charge in [0.25, 0.3) is 0 Å². The Balaban J connectivity index is -0.0000000000983. The standard InChI is InChI=1S/C4H6.2C2H7P.54CH4.B.45U.5H2/c1-3-4-2;2*1-2-3;;;;;;;;;;;;;;;;;;;;;;;;;;;;;;;;;;;;;;;;;;;;;;;;;;;;;;;;;;;;;;;;;;;;;;;;;;;;;;;;;;;;;;;;;;;;;;;;;;;;;;;;;/h1-2H3;2*2-3H2,1H3;54*1H4;;;;;;;;;;;;;;;;;;;;;;;;;;;;;;;;;;;;;;;;;;;;;;;5*1H/i;;;;;;;;;;;;;;;;;;;;;;;;;;;;;;;;;;;;;;;;;;;;;;;;;;;;;;;;;;;;;;;;;;;;;;;;;;;;;;;;;;;;;;;;;;;;;;;;;;;;;;;1+2T;3*1+1D;1+1. The van der Waals surface area contributed by atoms with Crippen LogP contribution in [-0.2, 0) is 0 Å². The molecule has 0 N–H and O–H groups in total. The maximum atomic E-state index is 5.00. The van der Waals surface area contributed by atoms with Gasteiger partial charge in [0, 0.05) is 1420 Å². The van der Waals surface area contributed by atoms with Gasteiger partial charge in [-0.3, -0.25) is 0 Å². The Bertz CT molecular complexity index is 228. The zero-order chi connectivity index (χ0) is 16.8. The molecule has 0 spiro atoms. The SMILES string of the molecule is C.C.C.C.C.C.C.C.C.C.C.C.C.C.C.C.C.C.C.C.C.C.C.C.C.C.C.C.C.C.C.C.C.C.C.C.C.C.C.C.C.C.C.C.C.C.C.C.C.C.C.C.C.C.CC#CC.CCP.CCP.[2HH].[2H][2H].[2H][2H].[2H][2H].[3H][3H].[B].[U].[U].[U].[U].[U].[U].[U].[U].[U].[U].[U].[U].[U].[U].[U].[U].[U].[U].[U].[U].[U].[U].[U].[U].[U].[U].[U].[U].[U].[U].[U].[U].[U].[U].[U].[U].[U].[U].[U].[U].[U].[U].[U].[U].[U]. The first-order valence-corrected chi connectivity index (χ1v) is 5.11. The van der Waals surface area contributed by atoms with Crippen LogP contribution in [0.15, 0.2) is 0 Å². The number of hydrogen-bond acceptors (Lipinski definition) is 0. The third-order valence-corrected chi connectivity index (χ3v) is 0.250. The molecule has 48 heteroatoms. The Morgan fingerprint density at radius 1 is 0.145 bits per heavy atom. The molecule has 0 aliphatic carbocycles. The van der Waals surface area contributed by atoms with Gasteiger partial charge in [-0.1, -0.05) is 415 Å². The first-order chi connectivity index (χ1) is 8.74. The molecule has 687 valence electrons. The third kappa shape index (κ3) is 1570. The summed E-state index contributed by atoms with van der Waals surface area (Å²) in [4.78, 5) is 0. The van der Waals surface area contributed by atoms with Crippen molar-refractivity contribution in [2.75, 3.05) is 12.3 Å². The molecule has 3 radical (unpaired) electrons. The summed E-state index contributed by atoms with van der Waals surface area (Å²) in [6.45, 7) is 7.81. The van der Waals surface area contributed by atoms with Crippen LogP contribution >= 0.6 is 18.5 Å². The van der Waals surface area contributed by atoms with Crippen molar-refractivity contribution in [2.45, 2.75) is 429 Å². The molecule has 0 aromatic carbocycles. The van der Waals surface area contributed by atoms with E-state index in [1.165, 1.54) is 12.3 Å². The summed E-state index contributed by atoms with van der Waals surface area (Å²) in [5.41, 5.74) is 0. The van der Waals surface area contributed by atoms with Crippen molar-refractivity contribution >= 4 is 26.9 Å². The van der Waals surface area contributed by atoms with Crippen LogP contribution < -0.4 is 0 Å². The van der Waals surface area contributed by atoms with E-state index in [9.17, 15) is 0 Å². The van der Waals surface area contributed by atoms with E-state index >= 15 is 0 Å². The van der Waals surface area contributed by atoms with Crippen LogP contribution in [0.3, 0.4) is 0 Å². The minimum absolute atomic E-state index is 0. The summed E-state index contributed by atoms with van der Waals surface area (Å²) in [6.07, 6.45) is 2.33. The van der Waals surface area contributed by atoms with Crippen molar-refractivity contribution in [1.29, 1.82) is 0 Å². The van der Waals surface area contributed by atoms with Gasteiger partial charge in [0.15, 0.2) is 0 Å². The molecule has 0 aliphatic heterocycles. The summed E-state index contributed by atoms with van der Waals surface area (Å²) in [6, 6.07) is 0. The molecule has 0 saturated heterocycles. The predicted molar refractivity (Wildman–Crippen MR) is 439 cm³/mol. The van der Waals surface area contributed by atoms with E-state index in [-0.39, 0.29) is 1810 Å². The molecule has 0 aromatic heterocycles. The van der Waals surface area contributed by atoms with Gasteiger partial charge in [-0.05, 0) is 26.2 Å². The molecule has 110 heavy (non-hydrogen) atoms. The van der Waals surface area contributed by atoms with Crippen LogP contribution in [0.1, 0.15) is 442 Å². The fraction of sp³-hybridized carbons (Fsp3) is 0.968. The Morgan fingerprint density at radius 2 is 0.155 bits per heavy atom. The van der Waals surface area contributed by atoms with Crippen LogP contribution in [0.5, 0.6) is 0 Å². The molecule has 2 unspecified atom stereocenters. The maximum Gasteiger partial charge on any atom is 0 e. The molecule has 0 bridgehead atoms. The van der Waals surface area contributed by atoms with Gasteiger partial charge < -0.3 is 0 Å². The van der Waals surface area contributed by atoms with Crippen molar-refractivity contribution in [3.8, 4) is 11.8 Å². The van der Waals surface area contributed by atoms with Crippen molar-refractivity contribution in [1.82, 2.24) is 0 Å². The van der Waals surface area contributed by atoms with E-state index in [2.05, 4.69) is 44.2 Å². The first-order valence-electron chi connectivity index (χ1n) is 7.48. The Morgan fingerprint density at radius 3 is 0.155 bits per heavy atom. The summed E-state index contributed by atoms with van der Waals surface area (Å²) >= 11 is 0. The Kier molecular flexibility index (Phi) is 14500. The normalized spacial score (nSPS) is 0.745. The van der Waals surface area contributed by atoms with Crippen molar-refractivity contribution in [3.63, 3.8) is 0 Å². The summed E-state index contributed by atoms with van der Waals surface area (Å²) in [5, 5.41) is 0. The second-order valence-electron chi connectivity index (χ2n) is 1.32. The van der Waals surface area contributed by atoms with E-state index in [0.717, 1.165) is 0 Å². The van der Waals surface area contributed by atoms with Gasteiger partial charge >= 0.3 is 0 Å². The quantitative estimate of drug-likeness (QED) is 0.129. The topological polar surface area (TPSA) is 0 Å². The molecule has 2 atom stereocenters. The van der Waals surface area contributed by atoms with E-state index < -0.39 is 0 Å². The molecule has 0 heterocycles. The molecule has 0 aromatic rings. The molecule has 0 amide bonds. The van der Waals surface area contributed by atoms with E-state index in [1.807, 2.05) is 13.8 Å². The average Bonchev–Trinajstić information content (AvgIpc) is 2.49. The average molecular weight is 11800 g/mol. The first kappa shape index (κ1) is 1120. The van der Waals surface area contributed by atoms with Gasteiger partial charge in [-0.25, -0.2) is 0 Å². The Labute approximate surface area is 1840 Å². The number of hydrogen-bond donors (Lipinski definition) is 0. The summed E-state index contributed by atoms with van der Waals surface area (Å²) < 4.78 is 40.0. The molecule has 0 nitrogen and oxygen atoms in total. The van der Waals surface area contributed by atoms with Gasteiger partial charge in [0.05, 0.1) is 0 Å². The zero-order valence-corrected chi connectivity index (χ0v) is 220. The van der Waals surface area contributed by atoms with Crippen LogP contribution in [0.25, 0.3) is 0 Å². The maximum absolute atomic E-state index is 5.00. The monoisotopic (exact) mass is 11800 g/mol. The second kappa shape index (κ2) is 1420.